The van der Waals surface area contributed by atoms with Crippen molar-refractivity contribution in [3.05, 3.63) is 12.7 Å². The minimum atomic E-state index is -0.489. The van der Waals surface area contributed by atoms with Gasteiger partial charge in [-0.1, -0.05) is 18.9 Å². The molecule has 0 spiro atoms. The molecule has 2 fully saturated rings. The summed E-state index contributed by atoms with van der Waals surface area (Å²) < 4.78 is 0. The van der Waals surface area contributed by atoms with E-state index in [1.165, 1.54) is 25.7 Å². The van der Waals surface area contributed by atoms with Gasteiger partial charge >= 0.3 is 0 Å². The van der Waals surface area contributed by atoms with Gasteiger partial charge in [0.1, 0.15) is 0 Å². The van der Waals surface area contributed by atoms with Gasteiger partial charge < -0.3 is 10.4 Å². The first-order valence-electron chi connectivity index (χ1n) is 6.25. The van der Waals surface area contributed by atoms with E-state index in [-0.39, 0.29) is 0 Å². The smallest absolute Gasteiger partial charge is 0.0739 e. The van der Waals surface area contributed by atoms with E-state index < -0.39 is 5.60 Å². The molecule has 2 heteroatoms. The lowest BCUT2D eigenvalue weighted by Gasteiger charge is -2.50. The fraction of sp³-hybridized carbons (Fsp3) is 0.846. The summed E-state index contributed by atoms with van der Waals surface area (Å²) in [7, 11) is 0. The zero-order chi connectivity index (χ0) is 10.9. The maximum Gasteiger partial charge on any atom is 0.0739 e. The predicted molar refractivity (Wildman–Crippen MR) is 62.7 cm³/mol. The normalized spacial score (nSPS) is 45.9. The first-order chi connectivity index (χ1) is 7.15. The monoisotopic (exact) mass is 209 g/mol. The van der Waals surface area contributed by atoms with Crippen LogP contribution in [0.3, 0.4) is 0 Å². The second-order valence-electron chi connectivity index (χ2n) is 5.37. The summed E-state index contributed by atoms with van der Waals surface area (Å²) in [6.45, 7) is 5.96. The van der Waals surface area contributed by atoms with E-state index in [0.29, 0.717) is 18.0 Å². The molecule has 15 heavy (non-hydrogen) atoms. The molecule has 1 saturated carbocycles. The van der Waals surface area contributed by atoms with E-state index in [2.05, 4.69) is 18.8 Å². The van der Waals surface area contributed by atoms with Crippen molar-refractivity contribution in [3.8, 4) is 0 Å². The van der Waals surface area contributed by atoms with Crippen LogP contribution in [0.1, 0.15) is 45.4 Å². The van der Waals surface area contributed by atoms with E-state index in [4.69, 9.17) is 0 Å². The van der Waals surface area contributed by atoms with Crippen LogP contribution in [0.2, 0.25) is 0 Å². The Bertz CT molecular complexity index is 241. The number of aliphatic hydroxyl groups is 1. The second-order valence-corrected chi connectivity index (χ2v) is 5.37. The lowest BCUT2D eigenvalue weighted by molar-refractivity contribution is -0.0809. The summed E-state index contributed by atoms with van der Waals surface area (Å²) in [4.78, 5) is 0. The summed E-state index contributed by atoms with van der Waals surface area (Å²) in [6.07, 6.45) is 8.50. The second kappa shape index (κ2) is 4.26. The molecule has 1 saturated heterocycles. The summed E-state index contributed by atoms with van der Waals surface area (Å²) >= 11 is 0. The Kier molecular flexibility index (Phi) is 3.17. The van der Waals surface area contributed by atoms with Gasteiger partial charge in [0.25, 0.3) is 0 Å². The molecule has 2 N–H and O–H groups in total. The van der Waals surface area contributed by atoms with Crippen LogP contribution >= 0.6 is 0 Å². The van der Waals surface area contributed by atoms with Gasteiger partial charge in [-0.2, -0.15) is 0 Å². The summed E-state index contributed by atoms with van der Waals surface area (Å²) in [5.74, 6) is 0.445. The molecular formula is C13H23NO. The minimum absolute atomic E-state index is 0.439. The SMILES string of the molecule is C=CCC1(O)CC(C)NC2CCCCC21. The summed E-state index contributed by atoms with van der Waals surface area (Å²) in [5, 5.41) is 14.4. The number of fused-ring (bicyclic) bond motifs is 1. The van der Waals surface area contributed by atoms with Crippen LogP contribution < -0.4 is 5.32 Å². The number of rotatable bonds is 2. The van der Waals surface area contributed by atoms with Crippen molar-refractivity contribution in [3.63, 3.8) is 0 Å². The predicted octanol–water partition coefficient (Wildman–Crippen LogP) is 2.23. The highest BCUT2D eigenvalue weighted by Gasteiger charge is 2.46. The maximum atomic E-state index is 10.7. The molecule has 4 unspecified atom stereocenters. The van der Waals surface area contributed by atoms with E-state index in [0.717, 1.165) is 12.8 Å². The Labute approximate surface area is 92.8 Å². The molecule has 2 nitrogen and oxygen atoms in total. The first-order valence-corrected chi connectivity index (χ1v) is 6.25. The van der Waals surface area contributed by atoms with Crippen LogP contribution in [-0.2, 0) is 0 Å². The van der Waals surface area contributed by atoms with Crippen LogP contribution in [0, 0.1) is 5.92 Å². The van der Waals surface area contributed by atoms with E-state index >= 15 is 0 Å². The zero-order valence-electron chi connectivity index (χ0n) is 9.71. The van der Waals surface area contributed by atoms with Gasteiger partial charge in [0.15, 0.2) is 0 Å². The maximum absolute atomic E-state index is 10.7. The highest BCUT2D eigenvalue weighted by molar-refractivity contribution is 5.04. The third-order valence-corrected chi connectivity index (χ3v) is 4.11. The van der Waals surface area contributed by atoms with Crippen LogP contribution in [0.4, 0.5) is 0 Å². The third kappa shape index (κ3) is 2.11. The number of nitrogens with one attached hydrogen (secondary N) is 1. The Morgan fingerprint density at radius 1 is 1.47 bits per heavy atom. The van der Waals surface area contributed by atoms with Crippen molar-refractivity contribution < 1.29 is 5.11 Å². The number of hydrogen-bond donors (Lipinski definition) is 2. The first kappa shape index (κ1) is 11.2. The van der Waals surface area contributed by atoms with Crippen molar-refractivity contribution in [1.29, 1.82) is 0 Å². The van der Waals surface area contributed by atoms with Crippen LogP contribution in [0.15, 0.2) is 12.7 Å². The van der Waals surface area contributed by atoms with Crippen molar-refractivity contribution in [2.75, 3.05) is 0 Å². The molecule has 0 radical (unpaired) electrons. The zero-order valence-corrected chi connectivity index (χ0v) is 9.71. The fourth-order valence-corrected chi connectivity index (χ4v) is 3.56. The average molecular weight is 209 g/mol. The van der Waals surface area contributed by atoms with E-state index in [1.54, 1.807) is 0 Å². The quantitative estimate of drug-likeness (QED) is 0.684. The highest BCUT2D eigenvalue weighted by Crippen LogP contribution is 2.41. The minimum Gasteiger partial charge on any atom is -0.389 e. The van der Waals surface area contributed by atoms with Crippen molar-refractivity contribution >= 4 is 0 Å². The van der Waals surface area contributed by atoms with E-state index in [9.17, 15) is 5.11 Å². The standard InChI is InChI=1S/C13H23NO/c1-3-8-13(15)9-10(2)14-12-7-5-4-6-11(12)13/h3,10-12,14-15H,1,4-9H2,2H3. The molecule has 2 rings (SSSR count). The molecule has 2 aliphatic rings. The van der Waals surface area contributed by atoms with Crippen LogP contribution in [0.5, 0.6) is 0 Å². The van der Waals surface area contributed by atoms with Gasteiger partial charge in [0.2, 0.25) is 0 Å². The van der Waals surface area contributed by atoms with Gasteiger partial charge in [0, 0.05) is 18.0 Å². The molecule has 1 heterocycles. The number of hydrogen-bond acceptors (Lipinski definition) is 2. The molecule has 0 bridgehead atoms. The lowest BCUT2D eigenvalue weighted by atomic mass is 9.67. The van der Waals surface area contributed by atoms with E-state index in [1.807, 2.05) is 6.08 Å². The van der Waals surface area contributed by atoms with Crippen LogP contribution in [-0.4, -0.2) is 22.8 Å². The largest absolute Gasteiger partial charge is 0.389 e. The molecule has 1 aliphatic carbocycles. The lowest BCUT2D eigenvalue weighted by Crippen LogP contribution is -2.60. The molecule has 1 aliphatic heterocycles. The van der Waals surface area contributed by atoms with Gasteiger partial charge in [-0.15, -0.1) is 6.58 Å². The van der Waals surface area contributed by atoms with Gasteiger partial charge in [0.05, 0.1) is 5.60 Å². The Morgan fingerprint density at radius 2 is 2.20 bits per heavy atom. The van der Waals surface area contributed by atoms with Crippen LogP contribution in [0.25, 0.3) is 0 Å². The molecule has 0 aromatic carbocycles. The molecule has 0 amide bonds. The molecule has 86 valence electrons. The Balaban J connectivity index is 2.16. The topological polar surface area (TPSA) is 32.3 Å². The Hall–Kier alpha value is -0.340. The average Bonchev–Trinajstić information content (AvgIpc) is 2.17. The van der Waals surface area contributed by atoms with Crippen molar-refractivity contribution in [2.24, 2.45) is 5.92 Å². The summed E-state index contributed by atoms with van der Waals surface area (Å²) in [6, 6.07) is 0.974. The van der Waals surface area contributed by atoms with Crippen molar-refractivity contribution in [2.45, 2.75) is 63.1 Å². The molecule has 0 aromatic heterocycles. The van der Waals surface area contributed by atoms with Gasteiger partial charge in [-0.3, -0.25) is 0 Å². The van der Waals surface area contributed by atoms with Gasteiger partial charge in [-0.25, -0.2) is 0 Å². The van der Waals surface area contributed by atoms with Gasteiger partial charge in [-0.05, 0) is 32.6 Å². The molecule has 4 atom stereocenters. The highest BCUT2D eigenvalue weighted by atomic mass is 16.3. The van der Waals surface area contributed by atoms with Crippen molar-refractivity contribution in [1.82, 2.24) is 5.32 Å². The summed E-state index contributed by atoms with van der Waals surface area (Å²) in [5.41, 5.74) is -0.489. The Morgan fingerprint density at radius 3 is 2.93 bits per heavy atom. The number of piperidine rings is 1. The third-order valence-electron chi connectivity index (χ3n) is 4.11. The molecular weight excluding hydrogens is 186 g/mol. The molecule has 0 aromatic rings. The fourth-order valence-electron chi connectivity index (χ4n) is 3.56.